The fourth-order valence-corrected chi connectivity index (χ4v) is 1.99. The lowest BCUT2D eigenvalue weighted by Gasteiger charge is -2.06. The van der Waals surface area contributed by atoms with Crippen molar-refractivity contribution in [1.29, 1.82) is 0 Å². The minimum atomic E-state index is 0.451. The first kappa shape index (κ1) is 12.7. The molecule has 0 radical (unpaired) electrons. The highest BCUT2D eigenvalue weighted by Gasteiger charge is 2.02. The van der Waals surface area contributed by atoms with Crippen LogP contribution < -0.4 is 0 Å². The maximum absolute atomic E-state index is 11.4. The van der Waals surface area contributed by atoms with Gasteiger partial charge in [0.15, 0.2) is 0 Å². The lowest BCUT2D eigenvalue weighted by molar-refractivity contribution is -0.119. The summed E-state index contributed by atoms with van der Waals surface area (Å²) < 4.78 is 5.50. The number of ketones is 1. The Labute approximate surface area is 93.4 Å². The van der Waals surface area contributed by atoms with Crippen molar-refractivity contribution < 1.29 is 9.53 Å². The van der Waals surface area contributed by atoms with Gasteiger partial charge in [0.1, 0.15) is 5.78 Å². The Morgan fingerprint density at radius 1 is 0.667 bits per heavy atom. The molecule has 0 aromatic carbocycles. The fourth-order valence-electron chi connectivity index (χ4n) is 1.99. The molecule has 1 aliphatic rings. The van der Waals surface area contributed by atoms with Crippen molar-refractivity contribution in [3.63, 3.8) is 0 Å². The topological polar surface area (TPSA) is 26.3 Å². The second-order valence-corrected chi connectivity index (χ2v) is 4.48. The molecule has 0 saturated carbocycles. The van der Waals surface area contributed by atoms with Gasteiger partial charge in [0, 0.05) is 26.1 Å². The van der Waals surface area contributed by atoms with Crippen LogP contribution in [0.3, 0.4) is 0 Å². The van der Waals surface area contributed by atoms with Crippen LogP contribution in [0.15, 0.2) is 0 Å². The predicted octanol–water partition coefficient (Wildman–Crippen LogP) is 3.49. The van der Waals surface area contributed by atoms with Crippen molar-refractivity contribution in [3.8, 4) is 0 Å². The molecule has 1 fully saturated rings. The Morgan fingerprint density at radius 3 is 1.87 bits per heavy atom. The van der Waals surface area contributed by atoms with Crippen LogP contribution in [0.1, 0.15) is 64.2 Å². The predicted molar refractivity (Wildman–Crippen MR) is 62.0 cm³/mol. The number of carbonyl (C=O) groups is 1. The van der Waals surface area contributed by atoms with Crippen LogP contribution in [0.4, 0.5) is 0 Å². The summed E-state index contributed by atoms with van der Waals surface area (Å²) in [6.07, 6.45) is 11.1. The van der Waals surface area contributed by atoms with E-state index < -0.39 is 0 Å². The number of rotatable bonds is 0. The first-order chi connectivity index (χ1) is 7.39. The Morgan fingerprint density at radius 2 is 1.13 bits per heavy atom. The highest BCUT2D eigenvalue weighted by Crippen LogP contribution is 2.10. The van der Waals surface area contributed by atoms with Gasteiger partial charge in [-0.25, -0.2) is 0 Å². The van der Waals surface area contributed by atoms with E-state index in [-0.39, 0.29) is 0 Å². The summed E-state index contributed by atoms with van der Waals surface area (Å²) in [5.41, 5.74) is 0. The molecule has 2 heteroatoms. The first-order valence-corrected chi connectivity index (χ1v) is 6.49. The number of ether oxygens (including phenoxy) is 1. The molecule has 0 aliphatic carbocycles. The lowest BCUT2D eigenvalue weighted by atomic mass is 10.0. The molecule has 1 saturated heterocycles. The average Bonchev–Trinajstić information content (AvgIpc) is 2.24. The number of Topliss-reactive ketones (excluding diaryl/α,β-unsaturated/α-hetero) is 1. The largest absolute Gasteiger partial charge is 0.381 e. The molecule has 0 amide bonds. The van der Waals surface area contributed by atoms with Gasteiger partial charge in [-0.15, -0.1) is 0 Å². The van der Waals surface area contributed by atoms with Gasteiger partial charge in [-0.2, -0.15) is 0 Å². The molecule has 1 rings (SSSR count). The van der Waals surface area contributed by atoms with Crippen molar-refractivity contribution in [2.45, 2.75) is 64.2 Å². The zero-order chi connectivity index (χ0) is 10.8. The fraction of sp³-hybridized carbons (Fsp3) is 0.923. The summed E-state index contributed by atoms with van der Waals surface area (Å²) >= 11 is 0. The van der Waals surface area contributed by atoms with Crippen molar-refractivity contribution in [1.82, 2.24) is 0 Å². The van der Waals surface area contributed by atoms with Crippen LogP contribution in [0.2, 0.25) is 0 Å². The first-order valence-electron chi connectivity index (χ1n) is 6.49. The van der Waals surface area contributed by atoms with E-state index in [1.54, 1.807) is 0 Å². The molecule has 0 aromatic rings. The van der Waals surface area contributed by atoms with Gasteiger partial charge < -0.3 is 4.74 Å². The number of hydrogen-bond donors (Lipinski definition) is 0. The van der Waals surface area contributed by atoms with Crippen molar-refractivity contribution in [2.24, 2.45) is 0 Å². The highest BCUT2D eigenvalue weighted by atomic mass is 16.5. The van der Waals surface area contributed by atoms with Crippen LogP contribution in [0, 0.1) is 0 Å². The van der Waals surface area contributed by atoms with E-state index in [1.807, 2.05) is 0 Å². The molecular weight excluding hydrogens is 188 g/mol. The molecule has 88 valence electrons. The summed E-state index contributed by atoms with van der Waals surface area (Å²) in [4.78, 5) is 11.4. The van der Waals surface area contributed by atoms with Crippen molar-refractivity contribution >= 4 is 5.78 Å². The van der Waals surface area contributed by atoms with Gasteiger partial charge >= 0.3 is 0 Å². The quantitative estimate of drug-likeness (QED) is 0.614. The zero-order valence-corrected chi connectivity index (χ0v) is 9.80. The van der Waals surface area contributed by atoms with Crippen LogP contribution in [-0.2, 0) is 9.53 Å². The van der Waals surface area contributed by atoms with Gasteiger partial charge in [-0.05, 0) is 25.7 Å². The molecule has 0 aromatic heterocycles. The van der Waals surface area contributed by atoms with Gasteiger partial charge in [0.25, 0.3) is 0 Å². The van der Waals surface area contributed by atoms with Crippen LogP contribution >= 0.6 is 0 Å². The van der Waals surface area contributed by atoms with Crippen LogP contribution in [0.25, 0.3) is 0 Å². The van der Waals surface area contributed by atoms with E-state index >= 15 is 0 Å². The van der Waals surface area contributed by atoms with E-state index in [2.05, 4.69) is 0 Å². The van der Waals surface area contributed by atoms with Gasteiger partial charge in [0.2, 0.25) is 0 Å². The van der Waals surface area contributed by atoms with E-state index in [4.69, 9.17) is 4.74 Å². The summed E-state index contributed by atoms with van der Waals surface area (Å²) in [6.45, 7) is 1.75. The van der Waals surface area contributed by atoms with E-state index in [0.29, 0.717) is 5.78 Å². The third-order valence-electron chi connectivity index (χ3n) is 2.99. The number of hydrogen-bond acceptors (Lipinski definition) is 2. The maximum Gasteiger partial charge on any atom is 0.132 e. The van der Waals surface area contributed by atoms with E-state index in [0.717, 1.165) is 45.3 Å². The normalized spacial score (nSPS) is 23.3. The molecule has 0 bridgehead atoms. The lowest BCUT2D eigenvalue weighted by Crippen LogP contribution is -2.02. The van der Waals surface area contributed by atoms with Crippen molar-refractivity contribution in [2.75, 3.05) is 13.2 Å². The third kappa shape index (κ3) is 7.55. The van der Waals surface area contributed by atoms with E-state index in [1.165, 1.54) is 32.1 Å². The average molecular weight is 212 g/mol. The highest BCUT2D eigenvalue weighted by molar-refractivity contribution is 5.78. The Kier molecular flexibility index (Phi) is 7.53. The SMILES string of the molecule is O=C1CCCCCCCCOCCCC1. The standard InChI is InChI=1S/C13H24O2/c14-13-9-5-3-1-2-4-7-11-15-12-8-6-10-13/h1-12H2. The molecule has 1 aliphatic heterocycles. The Bertz CT molecular complexity index is 150. The van der Waals surface area contributed by atoms with Gasteiger partial charge in [-0.1, -0.05) is 25.7 Å². The van der Waals surface area contributed by atoms with Gasteiger partial charge in [0.05, 0.1) is 0 Å². The second kappa shape index (κ2) is 8.90. The number of carbonyl (C=O) groups excluding carboxylic acids is 1. The third-order valence-corrected chi connectivity index (χ3v) is 2.99. The molecule has 0 unspecified atom stereocenters. The monoisotopic (exact) mass is 212 g/mol. The Hall–Kier alpha value is -0.370. The second-order valence-electron chi connectivity index (χ2n) is 4.48. The minimum absolute atomic E-state index is 0.451. The molecular formula is C13H24O2. The van der Waals surface area contributed by atoms with Crippen molar-refractivity contribution in [3.05, 3.63) is 0 Å². The zero-order valence-electron chi connectivity index (χ0n) is 9.80. The maximum atomic E-state index is 11.4. The van der Waals surface area contributed by atoms with Gasteiger partial charge in [-0.3, -0.25) is 4.79 Å². The minimum Gasteiger partial charge on any atom is -0.381 e. The van der Waals surface area contributed by atoms with E-state index in [9.17, 15) is 4.79 Å². The summed E-state index contributed by atoms with van der Waals surface area (Å²) in [6, 6.07) is 0. The smallest absolute Gasteiger partial charge is 0.132 e. The molecule has 0 spiro atoms. The molecule has 15 heavy (non-hydrogen) atoms. The van der Waals surface area contributed by atoms with Crippen LogP contribution in [0.5, 0.6) is 0 Å². The summed E-state index contributed by atoms with van der Waals surface area (Å²) in [7, 11) is 0. The molecule has 2 nitrogen and oxygen atoms in total. The molecule has 0 N–H and O–H groups in total. The summed E-state index contributed by atoms with van der Waals surface area (Å²) in [5.74, 6) is 0.451. The Balaban J connectivity index is 2.13. The molecule has 1 heterocycles. The molecule has 0 atom stereocenters. The van der Waals surface area contributed by atoms with Crippen LogP contribution in [-0.4, -0.2) is 19.0 Å². The summed E-state index contributed by atoms with van der Waals surface area (Å²) in [5, 5.41) is 0.